The summed E-state index contributed by atoms with van der Waals surface area (Å²) in [5.74, 6) is -0.763. The molecule has 0 aromatic rings. The molecule has 0 saturated carbocycles. The lowest BCUT2D eigenvalue weighted by Crippen LogP contribution is -2.39. The minimum atomic E-state index is -0.452. The molecule has 0 radical (unpaired) electrons. The molecule has 0 bridgehead atoms. The first-order chi connectivity index (χ1) is 6.06. The molecule has 1 atom stereocenters. The predicted molar refractivity (Wildman–Crippen MR) is 44.9 cm³/mol. The van der Waals surface area contributed by atoms with Crippen LogP contribution >= 0.6 is 0 Å². The number of amides is 2. The van der Waals surface area contributed by atoms with E-state index in [-0.39, 0.29) is 30.6 Å². The summed E-state index contributed by atoms with van der Waals surface area (Å²) < 4.78 is 0. The van der Waals surface area contributed by atoms with Crippen molar-refractivity contribution in [3.63, 3.8) is 0 Å². The molecule has 1 N–H and O–H groups in total. The summed E-state index contributed by atoms with van der Waals surface area (Å²) in [6.45, 7) is 1.25. The van der Waals surface area contributed by atoms with Gasteiger partial charge in [-0.05, 0) is 14.0 Å². The Morgan fingerprint density at radius 3 is 2.62 bits per heavy atom. The van der Waals surface area contributed by atoms with Crippen LogP contribution in [-0.2, 0) is 14.4 Å². The monoisotopic (exact) mass is 184 g/mol. The van der Waals surface area contributed by atoms with Gasteiger partial charge in [0.05, 0.1) is 19.0 Å². The van der Waals surface area contributed by atoms with Gasteiger partial charge in [0.25, 0.3) is 0 Å². The molecule has 13 heavy (non-hydrogen) atoms. The van der Waals surface area contributed by atoms with Crippen LogP contribution in [0.2, 0.25) is 0 Å². The molecule has 1 saturated heterocycles. The average molecular weight is 184 g/mol. The van der Waals surface area contributed by atoms with Crippen molar-refractivity contribution in [1.29, 1.82) is 0 Å². The topological polar surface area (TPSA) is 66.5 Å². The number of hydrogen-bond donors (Lipinski definition) is 1. The molecule has 2 amide bonds. The van der Waals surface area contributed by atoms with E-state index in [1.807, 2.05) is 0 Å². The maximum Gasteiger partial charge on any atom is 0.247 e. The fraction of sp³-hybridized carbons (Fsp3) is 0.625. The Morgan fingerprint density at radius 1 is 1.62 bits per heavy atom. The van der Waals surface area contributed by atoms with Crippen molar-refractivity contribution in [3.8, 4) is 0 Å². The van der Waals surface area contributed by atoms with Gasteiger partial charge in [-0.1, -0.05) is 0 Å². The van der Waals surface area contributed by atoms with Crippen molar-refractivity contribution in [2.75, 3.05) is 13.6 Å². The van der Waals surface area contributed by atoms with Crippen LogP contribution in [0.15, 0.2) is 0 Å². The number of ketones is 1. The Morgan fingerprint density at radius 2 is 2.23 bits per heavy atom. The predicted octanol–water partition coefficient (Wildman–Crippen LogP) is -1.08. The van der Waals surface area contributed by atoms with Crippen LogP contribution in [0.3, 0.4) is 0 Å². The first-order valence-corrected chi connectivity index (χ1v) is 4.07. The van der Waals surface area contributed by atoms with Gasteiger partial charge < -0.3 is 5.32 Å². The molecular weight excluding hydrogens is 172 g/mol. The minimum absolute atomic E-state index is 0.101. The van der Waals surface area contributed by atoms with Crippen LogP contribution in [0.4, 0.5) is 0 Å². The van der Waals surface area contributed by atoms with Crippen molar-refractivity contribution in [2.24, 2.45) is 0 Å². The number of hydrogen-bond acceptors (Lipinski definition) is 4. The summed E-state index contributed by atoms with van der Waals surface area (Å²) in [4.78, 5) is 34.3. The molecule has 1 fully saturated rings. The Kier molecular flexibility index (Phi) is 2.77. The third-order valence-corrected chi connectivity index (χ3v) is 1.97. The molecule has 1 rings (SSSR count). The fourth-order valence-corrected chi connectivity index (χ4v) is 1.30. The second kappa shape index (κ2) is 3.66. The lowest BCUT2D eigenvalue weighted by atomic mass is 10.2. The average Bonchev–Trinajstić information content (AvgIpc) is 2.31. The molecule has 0 unspecified atom stereocenters. The van der Waals surface area contributed by atoms with Gasteiger partial charge in [0.2, 0.25) is 11.8 Å². The molecule has 0 spiro atoms. The Hall–Kier alpha value is -1.23. The molecule has 5 nitrogen and oxygen atoms in total. The number of nitrogens with zero attached hydrogens (tertiary/aromatic N) is 1. The zero-order chi connectivity index (χ0) is 10.0. The standard InChI is InChI=1S/C8H12N2O3/c1-5(11)4-10-7(12)3-6(9-2)8(10)13/h6,9H,3-4H2,1-2H3/t6-/m1/s1. The van der Waals surface area contributed by atoms with Gasteiger partial charge in [-0.3, -0.25) is 19.3 Å². The fourth-order valence-electron chi connectivity index (χ4n) is 1.30. The number of likely N-dealkylation sites (tertiary alicyclic amines) is 1. The van der Waals surface area contributed by atoms with E-state index < -0.39 is 6.04 Å². The lowest BCUT2D eigenvalue weighted by Gasteiger charge is -2.11. The molecule has 72 valence electrons. The molecule has 1 aliphatic heterocycles. The summed E-state index contributed by atoms with van der Waals surface area (Å²) in [6, 6.07) is -0.452. The number of imide groups is 1. The zero-order valence-electron chi connectivity index (χ0n) is 7.66. The van der Waals surface area contributed by atoms with E-state index >= 15 is 0 Å². The third kappa shape index (κ3) is 1.92. The molecule has 0 aromatic carbocycles. The summed E-state index contributed by atoms with van der Waals surface area (Å²) in [5.41, 5.74) is 0. The molecule has 1 heterocycles. The van der Waals surface area contributed by atoms with Crippen LogP contribution < -0.4 is 5.32 Å². The van der Waals surface area contributed by atoms with Crippen molar-refractivity contribution in [2.45, 2.75) is 19.4 Å². The third-order valence-electron chi connectivity index (χ3n) is 1.97. The van der Waals surface area contributed by atoms with E-state index in [9.17, 15) is 14.4 Å². The second-order valence-electron chi connectivity index (χ2n) is 3.07. The SMILES string of the molecule is CN[C@@H]1CC(=O)N(CC(C)=O)C1=O. The summed E-state index contributed by atoms with van der Waals surface area (Å²) in [6.07, 6.45) is 0.155. The molecule has 1 aliphatic rings. The van der Waals surface area contributed by atoms with Crippen LogP contribution in [0.25, 0.3) is 0 Å². The highest BCUT2D eigenvalue weighted by Crippen LogP contribution is 2.11. The van der Waals surface area contributed by atoms with Crippen LogP contribution in [0, 0.1) is 0 Å². The summed E-state index contributed by atoms with van der Waals surface area (Å²) in [7, 11) is 1.62. The van der Waals surface area contributed by atoms with Gasteiger partial charge in [0, 0.05) is 0 Å². The number of carbonyl (C=O) groups is 3. The number of Topliss-reactive ketones (excluding diaryl/α,β-unsaturated/α-hetero) is 1. The normalized spacial score (nSPS) is 22.6. The number of rotatable bonds is 3. The van der Waals surface area contributed by atoms with E-state index in [1.165, 1.54) is 6.92 Å². The van der Waals surface area contributed by atoms with E-state index in [1.54, 1.807) is 7.05 Å². The Bertz CT molecular complexity index is 262. The Labute approximate surface area is 76.1 Å². The van der Waals surface area contributed by atoms with Gasteiger partial charge in [0.15, 0.2) is 0 Å². The highest BCUT2D eigenvalue weighted by Gasteiger charge is 2.37. The largest absolute Gasteiger partial charge is 0.308 e. The number of carbonyl (C=O) groups excluding carboxylic acids is 3. The van der Waals surface area contributed by atoms with Crippen molar-refractivity contribution >= 4 is 17.6 Å². The quantitative estimate of drug-likeness (QED) is 0.567. The van der Waals surface area contributed by atoms with E-state index in [2.05, 4.69) is 5.32 Å². The van der Waals surface area contributed by atoms with Gasteiger partial charge in [-0.25, -0.2) is 0 Å². The van der Waals surface area contributed by atoms with Crippen LogP contribution in [0.1, 0.15) is 13.3 Å². The lowest BCUT2D eigenvalue weighted by molar-refractivity contribution is -0.141. The van der Waals surface area contributed by atoms with Gasteiger partial charge >= 0.3 is 0 Å². The van der Waals surface area contributed by atoms with E-state index in [4.69, 9.17) is 0 Å². The number of likely N-dealkylation sites (N-methyl/N-ethyl adjacent to an activating group) is 1. The van der Waals surface area contributed by atoms with Crippen molar-refractivity contribution < 1.29 is 14.4 Å². The van der Waals surface area contributed by atoms with E-state index in [0.29, 0.717) is 0 Å². The molecular formula is C8H12N2O3. The van der Waals surface area contributed by atoms with Crippen LogP contribution in [0.5, 0.6) is 0 Å². The van der Waals surface area contributed by atoms with Gasteiger partial charge in [0.1, 0.15) is 5.78 Å². The molecule has 5 heteroatoms. The first kappa shape index (κ1) is 9.85. The number of nitrogens with one attached hydrogen (secondary N) is 1. The maximum atomic E-state index is 11.4. The first-order valence-electron chi connectivity index (χ1n) is 4.07. The summed E-state index contributed by atoms with van der Waals surface area (Å²) >= 11 is 0. The minimum Gasteiger partial charge on any atom is -0.308 e. The summed E-state index contributed by atoms with van der Waals surface area (Å²) in [5, 5.41) is 2.72. The van der Waals surface area contributed by atoms with Crippen LogP contribution in [-0.4, -0.2) is 42.1 Å². The van der Waals surface area contributed by atoms with Gasteiger partial charge in [-0.2, -0.15) is 0 Å². The molecule has 0 aliphatic carbocycles. The zero-order valence-corrected chi connectivity index (χ0v) is 7.66. The maximum absolute atomic E-state index is 11.4. The highest BCUT2D eigenvalue weighted by atomic mass is 16.2. The second-order valence-corrected chi connectivity index (χ2v) is 3.07. The smallest absolute Gasteiger partial charge is 0.247 e. The van der Waals surface area contributed by atoms with Crippen molar-refractivity contribution in [3.05, 3.63) is 0 Å². The van der Waals surface area contributed by atoms with Crippen molar-refractivity contribution in [1.82, 2.24) is 10.2 Å². The van der Waals surface area contributed by atoms with Gasteiger partial charge in [-0.15, -0.1) is 0 Å². The Balaban J connectivity index is 2.70. The highest BCUT2D eigenvalue weighted by molar-refractivity contribution is 6.07. The van der Waals surface area contributed by atoms with E-state index in [0.717, 1.165) is 4.90 Å². The molecule has 0 aromatic heterocycles.